The highest BCUT2D eigenvalue weighted by Gasteiger charge is 2.51. The van der Waals surface area contributed by atoms with Gasteiger partial charge in [0.25, 0.3) is 0 Å². The first-order valence-corrected chi connectivity index (χ1v) is 7.18. The molecule has 2 aliphatic heterocycles. The first-order valence-electron chi connectivity index (χ1n) is 6.80. The normalized spacial score (nSPS) is 18.0. The zero-order valence-corrected chi connectivity index (χ0v) is 12.2. The molecule has 0 amide bonds. The minimum atomic E-state index is -4.09. The summed E-state index contributed by atoms with van der Waals surface area (Å²) in [6, 6.07) is 4.70. The van der Waals surface area contributed by atoms with Crippen LogP contribution in [0.4, 0.5) is 17.4 Å². The Morgan fingerprint density at radius 1 is 1.09 bits per heavy atom. The number of halogens is 5. The van der Waals surface area contributed by atoms with Crippen LogP contribution >= 0.6 is 11.6 Å². The van der Waals surface area contributed by atoms with E-state index in [2.05, 4.69) is 0 Å². The Hall–Kier alpha value is -2.28. The van der Waals surface area contributed by atoms with Crippen LogP contribution in [0.1, 0.15) is 11.3 Å². The Balaban J connectivity index is 2.13. The molecule has 4 rings (SSSR count). The Morgan fingerprint density at radius 2 is 1.83 bits per heavy atom. The largest absolute Gasteiger partial charge is 0.737 e. The fourth-order valence-corrected chi connectivity index (χ4v) is 3.28. The molecule has 8 heteroatoms. The molecule has 0 saturated carbocycles. The second-order valence-electron chi connectivity index (χ2n) is 5.28. The van der Waals surface area contributed by atoms with Gasteiger partial charge in [-0.3, -0.25) is 0 Å². The van der Waals surface area contributed by atoms with Crippen LogP contribution < -0.4 is 0 Å². The van der Waals surface area contributed by atoms with Crippen LogP contribution in [-0.4, -0.2) is 22.1 Å². The molecule has 1 aromatic heterocycles. The minimum Gasteiger partial charge on any atom is -0.396 e. The van der Waals surface area contributed by atoms with Gasteiger partial charge in [0.1, 0.15) is 17.8 Å². The summed E-state index contributed by atoms with van der Waals surface area (Å²) in [6.07, 6.45) is 5.29. The second kappa shape index (κ2) is 4.61. The number of nitrogens with zero attached hydrogens (tertiary/aromatic N) is 2. The zero-order chi connectivity index (χ0) is 16.4. The van der Waals surface area contributed by atoms with Crippen LogP contribution in [0.3, 0.4) is 0 Å². The maximum absolute atomic E-state index is 14.6. The predicted octanol–water partition coefficient (Wildman–Crippen LogP) is 4.07. The maximum Gasteiger partial charge on any atom is 0.737 e. The van der Waals surface area contributed by atoms with Gasteiger partial charge in [-0.2, -0.15) is 0 Å². The third-order valence-corrected chi connectivity index (χ3v) is 4.40. The van der Waals surface area contributed by atoms with Crippen LogP contribution in [0.2, 0.25) is 5.02 Å². The van der Waals surface area contributed by atoms with Crippen molar-refractivity contribution >= 4 is 30.4 Å². The van der Waals surface area contributed by atoms with Crippen LogP contribution in [0.25, 0.3) is 5.57 Å². The Kier molecular flexibility index (Phi) is 2.87. The molecular formula is C15H8BClF4N2. The van der Waals surface area contributed by atoms with Crippen molar-refractivity contribution in [2.24, 2.45) is 0 Å². The van der Waals surface area contributed by atoms with E-state index in [0.29, 0.717) is 0 Å². The SMILES string of the molecule is Fc1ccc(F)c(C2=C3C=CC=[N+]3[B-](F)(F)n3cccc32)c1Cl. The maximum atomic E-state index is 14.6. The van der Waals surface area contributed by atoms with E-state index < -0.39 is 23.6 Å². The lowest BCUT2D eigenvalue weighted by molar-refractivity contribution is -0.356. The van der Waals surface area contributed by atoms with Gasteiger partial charge in [0.15, 0.2) is 5.70 Å². The van der Waals surface area contributed by atoms with E-state index in [1.54, 1.807) is 0 Å². The fraction of sp³-hybridized carbons (Fsp3) is 0. The molecule has 0 unspecified atom stereocenters. The van der Waals surface area contributed by atoms with E-state index in [4.69, 9.17) is 11.6 Å². The Labute approximate surface area is 133 Å². The molecular weight excluding hydrogens is 330 g/mol. The molecule has 3 heterocycles. The monoisotopic (exact) mass is 338 g/mol. The van der Waals surface area contributed by atoms with Gasteiger partial charge in [0.2, 0.25) is 0 Å². The lowest BCUT2D eigenvalue weighted by Crippen LogP contribution is -2.49. The molecule has 0 aliphatic carbocycles. The molecule has 23 heavy (non-hydrogen) atoms. The smallest absolute Gasteiger partial charge is 0.396 e. The molecule has 1 aromatic carbocycles. The van der Waals surface area contributed by atoms with E-state index in [0.717, 1.165) is 21.1 Å². The molecule has 0 bridgehead atoms. The highest BCUT2D eigenvalue weighted by atomic mass is 35.5. The van der Waals surface area contributed by atoms with E-state index >= 15 is 0 Å². The highest BCUT2D eigenvalue weighted by molar-refractivity contribution is 6.57. The quantitative estimate of drug-likeness (QED) is 0.421. The lowest BCUT2D eigenvalue weighted by atomic mass is 9.86. The highest BCUT2D eigenvalue weighted by Crippen LogP contribution is 2.41. The zero-order valence-electron chi connectivity index (χ0n) is 11.5. The Bertz CT molecular complexity index is 943. The molecule has 0 fully saturated rings. The molecule has 0 spiro atoms. The van der Waals surface area contributed by atoms with Crippen molar-refractivity contribution in [3.63, 3.8) is 0 Å². The van der Waals surface area contributed by atoms with Crippen LogP contribution in [0, 0.1) is 11.6 Å². The standard InChI is InChI=1S/C15H8BClF4N2/c17-15-10(19)6-5-9(18)13(15)14-11-3-1-7-22(11)16(20,21)23-8-2-4-12(14)23/h1-8H. The van der Waals surface area contributed by atoms with Gasteiger partial charge < -0.3 is 17.6 Å². The molecule has 2 nitrogen and oxygen atoms in total. The summed E-state index contributed by atoms with van der Waals surface area (Å²) in [5.74, 6) is -1.58. The van der Waals surface area contributed by atoms with E-state index in [-0.39, 0.29) is 22.5 Å². The van der Waals surface area contributed by atoms with Crippen LogP contribution in [0.5, 0.6) is 0 Å². The van der Waals surface area contributed by atoms with E-state index in [1.165, 1.54) is 36.7 Å². The van der Waals surface area contributed by atoms with Crippen molar-refractivity contribution in [2.45, 2.75) is 0 Å². The topological polar surface area (TPSA) is 7.94 Å². The van der Waals surface area contributed by atoms with Crippen LogP contribution in [0.15, 0.2) is 48.3 Å². The van der Waals surface area contributed by atoms with E-state index in [9.17, 15) is 17.4 Å². The molecule has 116 valence electrons. The third-order valence-electron chi connectivity index (χ3n) is 4.03. The first-order chi connectivity index (χ1) is 10.9. The van der Waals surface area contributed by atoms with Gasteiger partial charge in [-0.05, 0) is 30.5 Å². The molecule has 0 atom stereocenters. The third kappa shape index (κ3) is 1.80. The average Bonchev–Trinajstić information content (AvgIpc) is 3.16. The summed E-state index contributed by atoms with van der Waals surface area (Å²) in [5.41, 5.74) is 0.0906. The van der Waals surface area contributed by atoms with Gasteiger partial charge in [-0.25, -0.2) is 8.78 Å². The van der Waals surface area contributed by atoms with Gasteiger partial charge in [-0.15, -0.1) is 0 Å². The first kappa shape index (κ1) is 14.3. The molecule has 0 radical (unpaired) electrons. The molecule has 0 N–H and O–H groups in total. The number of fused-ring (bicyclic) bond motifs is 2. The van der Waals surface area contributed by atoms with Gasteiger partial charge in [-0.1, -0.05) is 11.6 Å². The van der Waals surface area contributed by atoms with Crippen molar-refractivity contribution in [2.75, 3.05) is 0 Å². The van der Waals surface area contributed by atoms with Gasteiger partial charge in [0.05, 0.1) is 10.6 Å². The van der Waals surface area contributed by atoms with Crippen molar-refractivity contribution in [1.29, 1.82) is 0 Å². The van der Waals surface area contributed by atoms with Crippen molar-refractivity contribution in [1.82, 2.24) is 4.48 Å². The summed E-state index contributed by atoms with van der Waals surface area (Å²) in [4.78, 5) is 0. The number of allylic oxidation sites excluding steroid dienone is 2. The van der Waals surface area contributed by atoms with Gasteiger partial charge in [0, 0.05) is 23.4 Å². The summed E-state index contributed by atoms with van der Waals surface area (Å²) in [7, 11) is 0. The summed E-state index contributed by atoms with van der Waals surface area (Å²) >= 11 is 5.93. The number of hydrogen-bond acceptors (Lipinski definition) is 0. The van der Waals surface area contributed by atoms with Crippen molar-refractivity contribution < 1.29 is 21.9 Å². The lowest BCUT2D eigenvalue weighted by Gasteiger charge is -2.31. The van der Waals surface area contributed by atoms with Crippen molar-refractivity contribution in [3.05, 3.63) is 76.2 Å². The predicted molar refractivity (Wildman–Crippen MR) is 80.7 cm³/mol. The Morgan fingerprint density at radius 3 is 2.61 bits per heavy atom. The summed E-state index contributed by atoms with van der Waals surface area (Å²) in [6.45, 7) is -4.09. The second-order valence-corrected chi connectivity index (χ2v) is 5.66. The number of rotatable bonds is 1. The minimum absolute atomic E-state index is 0.0904. The van der Waals surface area contributed by atoms with E-state index in [1.807, 2.05) is 0 Å². The number of benzene rings is 1. The average molecular weight is 339 g/mol. The van der Waals surface area contributed by atoms with Crippen molar-refractivity contribution in [3.8, 4) is 0 Å². The molecule has 2 aromatic rings. The van der Waals surface area contributed by atoms with Crippen LogP contribution in [-0.2, 0) is 0 Å². The summed E-state index contributed by atoms with van der Waals surface area (Å²) in [5, 5.41) is -0.432. The number of aromatic nitrogens is 1. The molecule has 2 aliphatic rings. The molecule has 0 saturated heterocycles. The summed E-state index contributed by atoms with van der Waals surface area (Å²) < 4.78 is 58.9. The van der Waals surface area contributed by atoms with Gasteiger partial charge >= 0.3 is 6.97 Å². The number of hydrogen-bond donors (Lipinski definition) is 0. The fourth-order valence-electron chi connectivity index (χ4n) is 3.03.